The summed E-state index contributed by atoms with van der Waals surface area (Å²) in [6, 6.07) is -0.731. The third kappa shape index (κ3) is 43.3. The molecule has 11 heavy (non-hydrogen) atoms. The third-order valence-electron chi connectivity index (χ3n) is 0.390. The molecule has 7 N–H and O–H groups in total. The fourth-order valence-electron chi connectivity index (χ4n) is 0. The summed E-state index contributed by atoms with van der Waals surface area (Å²) in [6.07, 6.45) is 0. The molecule has 0 saturated carbocycles. The van der Waals surface area contributed by atoms with Crippen LogP contribution >= 0.6 is 7.75 Å². The van der Waals surface area contributed by atoms with Gasteiger partial charge in [-0.25, -0.2) is 10.1 Å². The normalized spacial score (nSPS) is 12.8. The summed E-state index contributed by atoms with van der Waals surface area (Å²) in [6.45, 7) is 1.42. The van der Waals surface area contributed by atoms with Gasteiger partial charge >= 0.3 is 13.7 Å². The molecular weight excluding hydrogens is 175 g/mol. The van der Waals surface area contributed by atoms with Crippen molar-refractivity contribution in [3.05, 3.63) is 0 Å². The Morgan fingerprint density at radius 2 is 1.64 bits per heavy atom. The van der Waals surface area contributed by atoms with E-state index in [2.05, 4.69) is 5.50 Å². The molecule has 0 saturated heterocycles. The van der Waals surface area contributed by atoms with Crippen molar-refractivity contribution in [1.29, 1.82) is 0 Å². The van der Waals surface area contributed by atoms with Gasteiger partial charge in [0.2, 0.25) is 0 Å². The van der Waals surface area contributed by atoms with Gasteiger partial charge in [0.25, 0.3) is 0 Å². The lowest BCUT2D eigenvalue weighted by atomic mass is 10.4. The molecule has 0 aromatic carbocycles. The van der Waals surface area contributed by atoms with Gasteiger partial charge < -0.3 is 20.6 Å². The Balaban J connectivity index is 0. The van der Waals surface area contributed by atoms with Crippen LogP contribution in [0.4, 0.5) is 0 Å². The Kier molecular flexibility index (Phi) is 6.25. The average Bonchev–Trinajstić information content (AvgIpc) is 1.59. The Labute approximate surface area is 63.2 Å². The standard InChI is InChI=1S/C3H7NO2.H4NO3P/c1-2(4)3(5)6;1-5(2,3)4/h2H,4H2,1H3,(H,5,6);(H4,1,2,3,4). The molecule has 0 aliphatic heterocycles. The van der Waals surface area contributed by atoms with E-state index < -0.39 is 19.8 Å². The van der Waals surface area contributed by atoms with Gasteiger partial charge in [-0.15, -0.1) is 0 Å². The van der Waals surface area contributed by atoms with Crippen molar-refractivity contribution >= 4 is 13.7 Å². The van der Waals surface area contributed by atoms with Crippen molar-refractivity contribution in [1.82, 2.24) is 0 Å². The van der Waals surface area contributed by atoms with E-state index in [0.29, 0.717) is 0 Å². The van der Waals surface area contributed by atoms with Crippen molar-refractivity contribution in [2.45, 2.75) is 13.0 Å². The first-order valence-electron chi connectivity index (χ1n) is 2.47. The summed E-state index contributed by atoms with van der Waals surface area (Å²) in [7, 11) is -4.14. The Morgan fingerprint density at radius 3 is 1.64 bits per heavy atom. The van der Waals surface area contributed by atoms with E-state index in [1.165, 1.54) is 6.92 Å². The molecular formula is C3H11N2O5P. The van der Waals surface area contributed by atoms with E-state index in [4.69, 9.17) is 25.2 Å². The minimum absolute atomic E-state index is 0.731. The SMILES string of the molecule is CC(N)C(=O)O.NP(=O)(O)O. The minimum Gasteiger partial charge on any atom is -0.480 e. The molecule has 0 aliphatic rings. The highest BCUT2D eigenvalue weighted by Gasteiger charge is 1.99. The van der Waals surface area contributed by atoms with E-state index in [9.17, 15) is 4.79 Å². The van der Waals surface area contributed by atoms with E-state index >= 15 is 0 Å². The molecule has 0 aromatic rings. The number of rotatable bonds is 1. The number of hydrogen-bond donors (Lipinski definition) is 5. The smallest absolute Gasteiger partial charge is 0.397 e. The van der Waals surface area contributed by atoms with Crippen LogP contribution < -0.4 is 11.2 Å². The highest BCUT2D eigenvalue weighted by molar-refractivity contribution is 7.49. The zero-order valence-corrected chi connectivity index (χ0v) is 6.73. The van der Waals surface area contributed by atoms with Crippen LogP contribution in [0.1, 0.15) is 6.92 Å². The van der Waals surface area contributed by atoms with Crippen molar-refractivity contribution in [3.8, 4) is 0 Å². The second-order valence-electron chi connectivity index (χ2n) is 1.72. The van der Waals surface area contributed by atoms with Gasteiger partial charge in [0.15, 0.2) is 0 Å². The highest BCUT2D eigenvalue weighted by atomic mass is 31.2. The van der Waals surface area contributed by atoms with Gasteiger partial charge in [-0.3, -0.25) is 4.79 Å². The maximum Gasteiger partial charge on any atom is 0.397 e. The van der Waals surface area contributed by atoms with E-state index in [-0.39, 0.29) is 0 Å². The van der Waals surface area contributed by atoms with Crippen molar-refractivity contribution in [3.63, 3.8) is 0 Å². The molecule has 0 aliphatic carbocycles. The van der Waals surface area contributed by atoms with Crippen LogP contribution in [0.5, 0.6) is 0 Å². The van der Waals surface area contributed by atoms with Crippen LogP contribution in [0.2, 0.25) is 0 Å². The van der Waals surface area contributed by atoms with Crippen molar-refractivity contribution in [2.24, 2.45) is 11.2 Å². The zero-order valence-electron chi connectivity index (χ0n) is 5.84. The van der Waals surface area contributed by atoms with Crippen LogP contribution in [0.25, 0.3) is 0 Å². The summed E-state index contributed by atoms with van der Waals surface area (Å²) >= 11 is 0. The topological polar surface area (TPSA) is 147 Å². The summed E-state index contributed by atoms with van der Waals surface area (Å²) < 4.78 is 9.10. The quantitative estimate of drug-likeness (QED) is 0.311. The molecule has 0 fully saturated rings. The molecule has 0 aromatic heterocycles. The number of hydrogen-bond acceptors (Lipinski definition) is 3. The zero-order chi connectivity index (χ0) is 9.65. The van der Waals surface area contributed by atoms with Crippen molar-refractivity contribution in [2.75, 3.05) is 0 Å². The lowest BCUT2D eigenvalue weighted by molar-refractivity contribution is -0.138. The summed E-state index contributed by atoms with van der Waals surface area (Å²) in [4.78, 5) is 24.4. The van der Waals surface area contributed by atoms with Gasteiger partial charge in [0.1, 0.15) is 6.04 Å². The molecule has 0 spiro atoms. The molecule has 1 atom stereocenters. The third-order valence-corrected chi connectivity index (χ3v) is 0.390. The molecule has 0 heterocycles. The molecule has 0 bridgehead atoms. The van der Waals surface area contributed by atoms with Gasteiger partial charge in [-0.1, -0.05) is 0 Å². The number of nitrogens with two attached hydrogens (primary N) is 2. The second kappa shape index (κ2) is 5.22. The van der Waals surface area contributed by atoms with Gasteiger partial charge in [-0.2, -0.15) is 0 Å². The summed E-state index contributed by atoms with van der Waals surface area (Å²) in [5, 5.41) is 7.87. The molecule has 0 rings (SSSR count). The molecule has 8 heteroatoms. The Bertz CT molecular complexity index is 155. The van der Waals surface area contributed by atoms with E-state index in [0.717, 1.165) is 0 Å². The van der Waals surface area contributed by atoms with Gasteiger partial charge in [0.05, 0.1) is 0 Å². The Morgan fingerprint density at radius 1 is 1.55 bits per heavy atom. The lowest BCUT2D eigenvalue weighted by Gasteiger charge is -1.90. The van der Waals surface area contributed by atoms with Crippen LogP contribution in [0.3, 0.4) is 0 Å². The lowest BCUT2D eigenvalue weighted by Crippen LogP contribution is -2.25. The maximum atomic E-state index is 9.57. The van der Waals surface area contributed by atoms with Gasteiger partial charge in [-0.05, 0) is 6.92 Å². The van der Waals surface area contributed by atoms with Gasteiger partial charge in [0, 0.05) is 0 Å². The van der Waals surface area contributed by atoms with Crippen molar-refractivity contribution < 1.29 is 24.3 Å². The molecule has 1 unspecified atom stereocenters. The number of carboxylic acid groups (broad SMARTS) is 1. The fraction of sp³-hybridized carbons (Fsp3) is 0.667. The fourth-order valence-corrected chi connectivity index (χ4v) is 0. The molecule has 0 radical (unpaired) electrons. The molecule has 7 nitrogen and oxygen atoms in total. The number of carboxylic acids is 1. The van der Waals surface area contributed by atoms with E-state index in [1.54, 1.807) is 0 Å². The number of aliphatic carboxylic acids is 1. The first-order valence-corrected chi connectivity index (χ1v) is 4.15. The first-order chi connectivity index (χ1) is 4.64. The summed E-state index contributed by atoms with van der Waals surface area (Å²) in [5.41, 5.74) is 8.86. The first kappa shape index (κ1) is 13.2. The van der Waals surface area contributed by atoms with E-state index in [1.807, 2.05) is 0 Å². The second-order valence-corrected chi connectivity index (χ2v) is 2.89. The van der Waals surface area contributed by atoms with Crippen LogP contribution in [0, 0.1) is 0 Å². The van der Waals surface area contributed by atoms with Crippen LogP contribution in [-0.4, -0.2) is 26.9 Å². The molecule has 68 valence electrons. The minimum atomic E-state index is -4.14. The maximum absolute atomic E-state index is 9.57. The highest BCUT2D eigenvalue weighted by Crippen LogP contribution is 2.20. The average molecular weight is 186 g/mol. The largest absolute Gasteiger partial charge is 0.480 e. The monoisotopic (exact) mass is 186 g/mol. The predicted molar refractivity (Wildman–Crippen MR) is 37.5 cm³/mol. The summed E-state index contributed by atoms with van der Waals surface area (Å²) in [5.74, 6) is -0.963. The Hall–Kier alpha value is -0.460. The predicted octanol–water partition coefficient (Wildman–Crippen LogP) is -1.54. The molecule has 0 amide bonds. The number of carbonyl (C=O) groups is 1. The van der Waals surface area contributed by atoms with Crippen LogP contribution in [0.15, 0.2) is 0 Å². The van der Waals surface area contributed by atoms with Crippen LogP contribution in [-0.2, 0) is 9.36 Å².